The molecule has 1 aromatic carbocycles. The highest BCUT2D eigenvalue weighted by Crippen LogP contribution is 2.18. The fraction of sp³-hybridized carbons (Fsp3) is 0.381. The first kappa shape index (κ1) is 19.0. The number of carbonyl (C=O) groups excluding carboxylic acids is 2. The van der Waals surface area contributed by atoms with Crippen LogP contribution in [0.1, 0.15) is 35.2 Å². The van der Waals surface area contributed by atoms with Crippen molar-refractivity contribution in [3.05, 3.63) is 65.7 Å². The molecule has 0 atom stereocenters. The molecule has 0 aliphatic carbocycles. The Hall–Kier alpha value is -2.76. The van der Waals surface area contributed by atoms with Gasteiger partial charge in [0.2, 0.25) is 5.91 Å². The van der Waals surface area contributed by atoms with Gasteiger partial charge in [-0.1, -0.05) is 18.2 Å². The summed E-state index contributed by atoms with van der Waals surface area (Å²) in [5.41, 5.74) is 1.17. The number of nitrogens with one attached hydrogen (secondary N) is 1. The number of likely N-dealkylation sites (tertiary alicyclic amines) is 1. The van der Waals surface area contributed by atoms with Crippen LogP contribution >= 0.6 is 0 Å². The molecule has 2 heterocycles. The van der Waals surface area contributed by atoms with Crippen LogP contribution in [0, 0.1) is 11.7 Å². The van der Waals surface area contributed by atoms with Crippen molar-refractivity contribution in [3.8, 4) is 0 Å². The van der Waals surface area contributed by atoms with Crippen LogP contribution in [-0.2, 0) is 11.2 Å². The Morgan fingerprint density at radius 3 is 2.63 bits per heavy atom. The molecular weight excluding hydrogens is 345 g/mol. The molecule has 1 aromatic heterocycles. The topological polar surface area (TPSA) is 62.3 Å². The number of aryl methyl sites for hydroxylation is 1. The van der Waals surface area contributed by atoms with Gasteiger partial charge in [-0.3, -0.25) is 14.6 Å². The van der Waals surface area contributed by atoms with E-state index < -0.39 is 0 Å². The van der Waals surface area contributed by atoms with Crippen molar-refractivity contribution in [2.45, 2.75) is 25.7 Å². The van der Waals surface area contributed by atoms with Gasteiger partial charge in [-0.05, 0) is 48.9 Å². The Kier molecular flexibility index (Phi) is 6.52. The average Bonchev–Trinajstić information content (AvgIpc) is 2.72. The van der Waals surface area contributed by atoms with Gasteiger partial charge in [-0.2, -0.15) is 0 Å². The molecule has 1 saturated heterocycles. The lowest BCUT2D eigenvalue weighted by Gasteiger charge is -2.32. The lowest BCUT2D eigenvalue weighted by Crippen LogP contribution is -2.41. The third kappa shape index (κ3) is 5.36. The molecule has 6 heteroatoms. The molecule has 2 amide bonds. The Morgan fingerprint density at radius 2 is 1.93 bits per heavy atom. The Morgan fingerprint density at radius 1 is 1.15 bits per heavy atom. The zero-order valence-corrected chi connectivity index (χ0v) is 15.2. The van der Waals surface area contributed by atoms with E-state index >= 15 is 0 Å². The summed E-state index contributed by atoms with van der Waals surface area (Å²) < 4.78 is 13.6. The standard InChI is InChI=1S/C21H24FN3O2/c22-19-6-2-1-4-17(19)7-8-20(26)24-14-16-9-12-25(13-10-16)21(27)18-5-3-11-23-15-18/h1-6,11,15-16H,7-10,12-14H2,(H,24,26). The lowest BCUT2D eigenvalue weighted by molar-refractivity contribution is -0.121. The second-order valence-corrected chi connectivity index (χ2v) is 6.87. The van der Waals surface area contributed by atoms with Crippen LogP contribution in [0.3, 0.4) is 0 Å². The SMILES string of the molecule is O=C(CCc1ccccc1F)NCC1CCN(C(=O)c2cccnc2)CC1. The van der Waals surface area contributed by atoms with E-state index in [4.69, 9.17) is 0 Å². The number of halogens is 1. The maximum atomic E-state index is 13.6. The van der Waals surface area contributed by atoms with Gasteiger partial charge >= 0.3 is 0 Å². The Balaban J connectivity index is 1.37. The normalized spacial score (nSPS) is 14.8. The van der Waals surface area contributed by atoms with Crippen molar-refractivity contribution in [1.29, 1.82) is 0 Å². The quantitative estimate of drug-likeness (QED) is 0.852. The molecule has 0 spiro atoms. The second-order valence-electron chi connectivity index (χ2n) is 6.87. The highest BCUT2D eigenvalue weighted by atomic mass is 19.1. The first-order chi connectivity index (χ1) is 13.1. The molecule has 3 rings (SSSR count). The van der Waals surface area contributed by atoms with Crippen molar-refractivity contribution in [2.24, 2.45) is 5.92 Å². The molecule has 1 N–H and O–H groups in total. The molecule has 142 valence electrons. The molecule has 0 unspecified atom stereocenters. The minimum absolute atomic E-state index is 0.00970. The summed E-state index contributed by atoms with van der Waals surface area (Å²) in [5.74, 6) is 0.0407. The van der Waals surface area contributed by atoms with E-state index in [0.717, 1.165) is 12.8 Å². The number of pyridine rings is 1. The predicted octanol–water partition coefficient (Wildman–Crippen LogP) is 2.82. The Labute approximate surface area is 158 Å². The number of aromatic nitrogens is 1. The van der Waals surface area contributed by atoms with Crippen molar-refractivity contribution in [3.63, 3.8) is 0 Å². The first-order valence-electron chi connectivity index (χ1n) is 9.33. The Bertz CT molecular complexity index is 774. The zero-order chi connectivity index (χ0) is 19.1. The van der Waals surface area contributed by atoms with Gasteiger partial charge in [0, 0.05) is 38.4 Å². The van der Waals surface area contributed by atoms with Crippen LogP contribution in [-0.4, -0.2) is 41.3 Å². The molecule has 0 bridgehead atoms. The van der Waals surface area contributed by atoms with E-state index in [1.807, 2.05) is 4.90 Å². The van der Waals surface area contributed by atoms with Gasteiger partial charge in [-0.15, -0.1) is 0 Å². The number of benzene rings is 1. The third-order valence-electron chi connectivity index (χ3n) is 4.98. The van der Waals surface area contributed by atoms with E-state index in [0.29, 0.717) is 43.1 Å². The molecule has 27 heavy (non-hydrogen) atoms. The molecule has 1 aliphatic rings. The maximum absolute atomic E-state index is 13.6. The molecule has 5 nitrogen and oxygen atoms in total. The molecule has 1 fully saturated rings. The van der Waals surface area contributed by atoms with Gasteiger partial charge in [0.15, 0.2) is 0 Å². The zero-order valence-electron chi connectivity index (χ0n) is 15.2. The van der Waals surface area contributed by atoms with Gasteiger partial charge in [0.25, 0.3) is 5.91 Å². The predicted molar refractivity (Wildman–Crippen MR) is 101 cm³/mol. The molecule has 0 radical (unpaired) electrons. The number of hydrogen-bond acceptors (Lipinski definition) is 3. The van der Waals surface area contributed by atoms with Gasteiger partial charge < -0.3 is 10.2 Å². The second kappa shape index (κ2) is 9.26. The van der Waals surface area contributed by atoms with Gasteiger partial charge in [-0.25, -0.2) is 4.39 Å². The number of amides is 2. The van der Waals surface area contributed by atoms with E-state index in [9.17, 15) is 14.0 Å². The van der Waals surface area contributed by atoms with Crippen LogP contribution in [0.4, 0.5) is 4.39 Å². The number of hydrogen-bond donors (Lipinski definition) is 1. The number of carbonyl (C=O) groups is 2. The van der Waals surface area contributed by atoms with Crippen LogP contribution in [0.5, 0.6) is 0 Å². The average molecular weight is 369 g/mol. The number of piperidine rings is 1. The smallest absolute Gasteiger partial charge is 0.255 e. The van der Waals surface area contributed by atoms with Crippen LogP contribution in [0.15, 0.2) is 48.8 Å². The van der Waals surface area contributed by atoms with Crippen molar-refractivity contribution in [2.75, 3.05) is 19.6 Å². The molecular formula is C21H24FN3O2. The highest BCUT2D eigenvalue weighted by Gasteiger charge is 2.24. The molecule has 2 aromatic rings. The van der Waals surface area contributed by atoms with E-state index in [1.165, 1.54) is 6.07 Å². The summed E-state index contributed by atoms with van der Waals surface area (Å²) in [6, 6.07) is 10.1. The van der Waals surface area contributed by atoms with Crippen LogP contribution in [0.25, 0.3) is 0 Å². The first-order valence-corrected chi connectivity index (χ1v) is 9.33. The minimum Gasteiger partial charge on any atom is -0.356 e. The third-order valence-corrected chi connectivity index (χ3v) is 4.98. The summed E-state index contributed by atoms with van der Waals surface area (Å²) in [6.07, 6.45) is 5.64. The van der Waals surface area contributed by atoms with E-state index in [1.54, 1.807) is 42.7 Å². The maximum Gasteiger partial charge on any atom is 0.255 e. The van der Waals surface area contributed by atoms with Gasteiger partial charge in [0.1, 0.15) is 5.82 Å². The van der Waals surface area contributed by atoms with Crippen molar-refractivity contribution >= 4 is 11.8 Å². The van der Waals surface area contributed by atoms with E-state index in [-0.39, 0.29) is 24.1 Å². The fourth-order valence-corrected chi connectivity index (χ4v) is 3.31. The lowest BCUT2D eigenvalue weighted by atomic mass is 9.96. The summed E-state index contributed by atoms with van der Waals surface area (Å²) in [5, 5.41) is 2.94. The monoisotopic (exact) mass is 369 g/mol. The summed E-state index contributed by atoms with van der Waals surface area (Å²) in [4.78, 5) is 30.3. The van der Waals surface area contributed by atoms with Gasteiger partial charge in [0.05, 0.1) is 5.56 Å². The van der Waals surface area contributed by atoms with Crippen LogP contribution in [0.2, 0.25) is 0 Å². The van der Waals surface area contributed by atoms with Crippen LogP contribution < -0.4 is 5.32 Å². The summed E-state index contributed by atoms with van der Waals surface area (Å²) >= 11 is 0. The number of rotatable bonds is 6. The highest BCUT2D eigenvalue weighted by molar-refractivity contribution is 5.93. The minimum atomic E-state index is -0.268. The largest absolute Gasteiger partial charge is 0.356 e. The summed E-state index contributed by atoms with van der Waals surface area (Å²) in [7, 11) is 0. The molecule has 0 saturated carbocycles. The van der Waals surface area contributed by atoms with Crippen molar-refractivity contribution in [1.82, 2.24) is 15.2 Å². The number of nitrogens with zero attached hydrogens (tertiary/aromatic N) is 2. The van der Waals surface area contributed by atoms with Crippen molar-refractivity contribution < 1.29 is 14.0 Å². The molecule has 1 aliphatic heterocycles. The van der Waals surface area contributed by atoms with E-state index in [2.05, 4.69) is 10.3 Å². The fourth-order valence-electron chi connectivity index (χ4n) is 3.31. The summed E-state index contributed by atoms with van der Waals surface area (Å²) in [6.45, 7) is 1.97.